The lowest BCUT2D eigenvalue weighted by atomic mass is 10.1. The van der Waals surface area contributed by atoms with E-state index in [4.69, 9.17) is 11.6 Å². The number of rotatable bonds is 5. The van der Waals surface area contributed by atoms with Gasteiger partial charge in [-0.1, -0.05) is 18.5 Å². The lowest BCUT2D eigenvalue weighted by Crippen LogP contribution is -2.40. The highest BCUT2D eigenvalue weighted by Crippen LogP contribution is 2.29. The number of fused-ring (bicyclic) bond motifs is 1. The molecule has 0 aliphatic heterocycles. The fourth-order valence-corrected chi connectivity index (χ4v) is 4.70. The molecule has 28 heavy (non-hydrogen) atoms. The van der Waals surface area contributed by atoms with Gasteiger partial charge in [-0.3, -0.25) is 0 Å². The van der Waals surface area contributed by atoms with Crippen LogP contribution in [0.3, 0.4) is 0 Å². The highest BCUT2D eigenvalue weighted by Gasteiger charge is 2.30. The van der Waals surface area contributed by atoms with Gasteiger partial charge in [-0.15, -0.1) is 0 Å². The van der Waals surface area contributed by atoms with Crippen LogP contribution in [0.15, 0.2) is 35.4 Å². The molecule has 0 fully saturated rings. The second-order valence-electron chi connectivity index (χ2n) is 7.30. The van der Waals surface area contributed by atoms with Crippen LogP contribution in [0.25, 0.3) is 5.65 Å². The summed E-state index contributed by atoms with van der Waals surface area (Å²) in [7, 11) is -3.86. The molecule has 2 aromatic heterocycles. The summed E-state index contributed by atoms with van der Waals surface area (Å²) in [6.45, 7) is 7.09. The van der Waals surface area contributed by atoms with Crippen LogP contribution >= 0.6 is 11.6 Å². The monoisotopic (exact) mass is 425 g/mol. The zero-order valence-electron chi connectivity index (χ0n) is 15.9. The van der Waals surface area contributed by atoms with E-state index >= 15 is 0 Å². The minimum atomic E-state index is -3.86. The number of aryl methyl sites for hydroxylation is 1. The number of halogens is 2. The molecule has 0 bridgehead atoms. The van der Waals surface area contributed by atoms with Gasteiger partial charge in [0.05, 0.1) is 16.4 Å². The Morgan fingerprint density at radius 2 is 1.96 bits per heavy atom. The highest BCUT2D eigenvalue weighted by atomic mass is 35.5. The Labute approximate surface area is 168 Å². The van der Waals surface area contributed by atoms with Crippen LogP contribution in [0.4, 0.5) is 15.9 Å². The second kappa shape index (κ2) is 7.31. The van der Waals surface area contributed by atoms with Crippen molar-refractivity contribution in [3.63, 3.8) is 0 Å². The highest BCUT2D eigenvalue weighted by molar-refractivity contribution is 7.89. The van der Waals surface area contributed by atoms with Gasteiger partial charge in [0, 0.05) is 11.7 Å². The first kappa shape index (κ1) is 20.5. The van der Waals surface area contributed by atoms with Gasteiger partial charge in [0.25, 0.3) is 0 Å². The maximum Gasteiger partial charge on any atom is 0.246 e. The van der Waals surface area contributed by atoms with Crippen molar-refractivity contribution in [2.45, 2.75) is 44.6 Å². The molecule has 7 nitrogen and oxygen atoms in total. The Morgan fingerprint density at radius 3 is 2.61 bits per heavy atom. The molecule has 0 saturated carbocycles. The first-order chi connectivity index (χ1) is 13.0. The number of hydrogen-bond donors (Lipinski definition) is 2. The van der Waals surface area contributed by atoms with Crippen molar-refractivity contribution < 1.29 is 12.8 Å². The Balaban J connectivity index is 2.17. The Bertz CT molecular complexity index is 1140. The molecule has 1 aromatic carbocycles. The smallest absolute Gasteiger partial charge is 0.246 e. The van der Waals surface area contributed by atoms with Gasteiger partial charge in [0.2, 0.25) is 10.0 Å². The van der Waals surface area contributed by atoms with Crippen LogP contribution in [0, 0.1) is 5.82 Å². The van der Waals surface area contributed by atoms with Gasteiger partial charge in [0.1, 0.15) is 16.5 Å². The number of aromatic nitrogens is 3. The third-order valence-corrected chi connectivity index (χ3v) is 5.95. The number of nitrogens with zero attached hydrogens (tertiary/aromatic N) is 3. The number of anilines is 2. The molecular weight excluding hydrogens is 405 g/mol. The van der Waals surface area contributed by atoms with Crippen molar-refractivity contribution in [2.24, 2.45) is 0 Å². The molecule has 3 aromatic rings. The van der Waals surface area contributed by atoms with Gasteiger partial charge < -0.3 is 5.32 Å². The standard InChI is InChI=1S/C18H21ClFN5O2S/c1-5-13-16(28(26,27)24-18(2,3)4)17-21-9-8-15(25(17)23-13)22-14-10-11(20)6-7-12(14)19/h6-10,22,24H,5H2,1-4H3. The molecule has 3 rings (SSSR count). The molecule has 10 heteroatoms. The second-order valence-corrected chi connectivity index (χ2v) is 9.33. The van der Waals surface area contributed by atoms with Gasteiger partial charge in [-0.2, -0.15) is 9.61 Å². The van der Waals surface area contributed by atoms with E-state index in [1.165, 1.54) is 28.9 Å². The van der Waals surface area contributed by atoms with E-state index in [1.54, 1.807) is 26.8 Å². The topological polar surface area (TPSA) is 88.4 Å². The molecule has 0 radical (unpaired) electrons. The first-order valence-electron chi connectivity index (χ1n) is 8.64. The SMILES string of the molecule is CCc1nn2c(Nc3cc(F)ccc3Cl)ccnc2c1S(=O)(=O)NC(C)(C)C. The lowest BCUT2D eigenvalue weighted by Gasteiger charge is -2.20. The molecule has 0 unspecified atom stereocenters. The Morgan fingerprint density at radius 1 is 1.25 bits per heavy atom. The van der Waals surface area contributed by atoms with E-state index in [2.05, 4.69) is 20.1 Å². The molecule has 2 heterocycles. The lowest BCUT2D eigenvalue weighted by molar-refractivity contribution is 0.491. The van der Waals surface area contributed by atoms with Gasteiger partial charge in [0.15, 0.2) is 5.65 Å². The number of nitrogens with one attached hydrogen (secondary N) is 2. The molecule has 0 spiro atoms. The van der Waals surface area contributed by atoms with E-state index in [-0.39, 0.29) is 10.5 Å². The largest absolute Gasteiger partial charge is 0.339 e. The van der Waals surface area contributed by atoms with Crippen LogP contribution < -0.4 is 10.0 Å². The summed E-state index contributed by atoms with van der Waals surface area (Å²) >= 11 is 6.13. The average molecular weight is 426 g/mol. The van der Waals surface area contributed by atoms with Crippen molar-refractivity contribution in [3.8, 4) is 0 Å². The van der Waals surface area contributed by atoms with Crippen LogP contribution in [0.1, 0.15) is 33.4 Å². The van der Waals surface area contributed by atoms with Gasteiger partial charge in [-0.25, -0.2) is 22.5 Å². The van der Waals surface area contributed by atoms with E-state index in [9.17, 15) is 12.8 Å². The minimum absolute atomic E-state index is 0.0268. The zero-order chi connectivity index (χ0) is 20.7. The molecule has 0 aliphatic carbocycles. The van der Waals surface area contributed by atoms with Gasteiger partial charge >= 0.3 is 0 Å². The fraction of sp³-hybridized carbons (Fsp3) is 0.333. The van der Waals surface area contributed by atoms with E-state index in [0.717, 1.165) is 0 Å². The third kappa shape index (κ3) is 4.11. The van der Waals surface area contributed by atoms with E-state index in [1.807, 2.05) is 6.92 Å². The predicted octanol–water partition coefficient (Wildman–Crippen LogP) is 3.90. The van der Waals surface area contributed by atoms with Crippen LogP contribution in [0.2, 0.25) is 5.02 Å². The summed E-state index contributed by atoms with van der Waals surface area (Å²) in [6.07, 6.45) is 1.85. The summed E-state index contributed by atoms with van der Waals surface area (Å²) in [5.74, 6) is -0.0473. The molecular formula is C18H21ClFN5O2S. The first-order valence-corrected chi connectivity index (χ1v) is 10.5. The average Bonchev–Trinajstić information content (AvgIpc) is 2.96. The van der Waals surface area contributed by atoms with Crippen molar-refractivity contribution in [1.82, 2.24) is 19.3 Å². The van der Waals surface area contributed by atoms with Gasteiger partial charge in [-0.05, 0) is 51.5 Å². The van der Waals surface area contributed by atoms with Crippen LogP contribution in [-0.4, -0.2) is 28.6 Å². The number of hydrogen-bond acceptors (Lipinski definition) is 5. The predicted molar refractivity (Wildman–Crippen MR) is 107 cm³/mol. The number of benzene rings is 1. The third-order valence-electron chi connectivity index (χ3n) is 3.78. The quantitative estimate of drug-likeness (QED) is 0.647. The Kier molecular flexibility index (Phi) is 5.35. The van der Waals surface area contributed by atoms with Crippen molar-refractivity contribution in [3.05, 3.63) is 47.0 Å². The van der Waals surface area contributed by atoms with E-state index < -0.39 is 21.4 Å². The molecule has 150 valence electrons. The molecule has 2 N–H and O–H groups in total. The molecule has 0 saturated heterocycles. The summed E-state index contributed by atoms with van der Waals surface area (Å²) in [4.78, 5) is 4.25. The van der Waals surface area contributed by atoms with Crippen molar-refractivity contribution in [1.29, 1.82) is 0 Å². The van der Waals surface area contributed by atoms with Crippen LogP contribution in [-0.2, 0) is 16.4 Å². The fourth-order valence-electron chi connectivity index (χ4n) is 2.76. The normalized spacial score (nSPS) is 12.5. The zero-order valence-corrected chi connectivity index (χ0v) is 17.5. The number of sulfonamides is 1. The van der Waals surface area contributed by atoms with E-state index in [0.29, 0.717) is 28.6 Å². The molecule has 0 atom stereocenters. The minimum Gasteiger partial charge on any atom is -0.339 e. The molecule has 0 aliphatic rings. The maximum atomic E-state index is 13.6. The summed E-state index contributed by atoms with van der Waals surface area (Å²) in [6, 6.07) is 5.54. The Hall–Kier alpha value is -2.23. The maximum absolute atomic E-state index is 13.6. The van der Waals surface area contributed by atoms with Crippen molar-refractivity contribution >= 4 is 38.8 Å². The summed E-state index contributed by atoms with van der Waals surface area (Å²) in [5.41, 5.74) is 0.221. The van der Waals surface area contributed by atoms with Crippen molar-refractivity contribution in [2.75, 3.05) is 5.32 Å². The van der Waals surface area contributed by atoms with Crippen LogP contribution in [0.5, 0.6) is 0 Å². The molecule has 0 amide bonds. The summed E-state index contributed by atoms with van der Waals surface area (Å²) < 4.78 is 43.6. The summed E-state index contributed by atoms with van der Waals surface area (Å²) in [5, 5.41) is 7.72.